The summed E-state index contributed by atoms with van der Waals surface area (Å²) in [7, 11) is 0. The van der Waals surface area contributed by atoms with Gasteiger partial charge in [-0.25, -0.2) is 4.98 Å². The summed E-state index contributed by atoms with van der Waals surface area (Å²) in [6.07, 6.45) is 0.497. The van der Waals surface area contributed by atoms with Crippen LogP contribution in [-0.2, 0) is 4.79 Å². The number of carbonyl (C=O) groups is 2. The van der Waals surface area contributed by atoms with E-state index in [4.69, 9.17) is 0 Å². The lowest BCUT2D eigenvalue weighted by atomic mass is 9.90. The normalized spacial score (nSPS) is 22.4. The average molecular weight is 290 g/mol. The van der Waals surface area contributed by atoms with Gasteiger partial charge < -0.3 is 10.0 Å². The molecule has 0 spiro atoms. The minimum atomic E-state index is -0.842. The van der Waals surface area contributed by atoms with Crippen LogP contribution in [-0.4, -0.2) is 40.0 Å². The van der Waals surface area contributed by atoms with Gasteiger partial charge in [0.05, 0.1) is 21.1 Å². The van der Waals surface area contributed by atoms with Crippen molar-refractivity contribution < 1.29 is 14.7 Å². The molecule has 1 atom stereocenters. The molecule has 1 aliphatic heterocycles. The highest BCUT2D eigenvalue weighted by Crippen LogP contribution is 2.31. The maximum Gasteiger partial charge on any atom is 0.311 e. The molecule has 2 aromatic rings. The Morgan fingerprint density at radius 3 is 2.95 bits per heavy atom. The van der Waals surface area contributed by atoms with Crippen molar-refractivity contribution in [1.82, 2.24) is 9.88 Å². The Morgan fingerprint density at radius 1 is 1.45 bits per heavy atom. The molecule has 1 aliphatic rings. The topological polar surface area (TPSA) is 70.5 Å². The largest absolute Gasteiger partial charge is 0.481 e. The summed E-state index contributed by atoms with van der Waals surface area (Å²) in [4.78, 5) is 29.5. The van der Waals surface area contributed by atoms with Gasteiger partial charge in [0.1, 0.15) is 0 Å². The molecule has 2 heterocycles. The van der Waals surface area contributed by atoms with Crippen LogP contribution in [0.5, 0.6) is 0 Å². The Morgan fingerprint density at radius 2 is 2.25 bits per heavy atom. The molecule has 1 aromatic carbocycles. The minimum absolute atomic E-state index is 0.106. The minimum Gasteiger partial charge on any atom is -0.481 e. The maximum absolute atomic E-state index is 12.4. The van der Waals surface area contributed by atoms with Crippen LogP contribution in [0.1, 0.15) is 23.7 Å². The van der Waals surface area contributed by atoms with E-state index in [9.17, 15) is 14.7 Å². The summed E-state index contributed by atoms with van der Waals surface area (Å²) in [6.45, 7) is 2.44. The van der Waals surface area contributed by atoms with E-state index in [0.717, 1.165) is 10.2 Å². The van der Waals surface area contributed by atoms with Gasteiger partial charge in [0, 0.05) is 18.7 Å². The molecule has 0 aliphatic carbocycles. The van der Waals surface area contributed by atoms with E-state index < -0.39 is 11.4 Å². The maximum atomic E-state index is 12.4. The second-order valence-electron chi connectivity index (χ2n) is 5.38. The molecular weight excluding hydrogens is 276 g/mol. The molecule has 0 saturated carbocycles. The van der Waals surface area contributed by atoms with Crippen LogP contribution in [0, 0.1) is 5.41 Å². The van der Waals surface area contributed by atoms with E-state index in [1.807, 2.05) is 12.1 Å². The molecular formula is C14H14N2O3S. The van der Waals surface area contributed by atoms with Gasteiger partial charge in [-0.15, -0.1) is 11.3 Å². The van der Waals surface area contributed by atoms with Crippen LogP contribution in [0.25, 0.3) is 10.2 Å². The number of aromatic nitrogens is 1. The lowest BCUT2D eigenvalue weighted by molar-refractivity contribution is -0.147. The second kappa shape index (κ2) is 4.56. The monoisotopic (exact) mass is 290 g/mol. The number of fused-ring (bicyclic) bond motifs is 1. The molecule has 104 valence electrons. The van der Waals surface area contributed by atoms with Crippen LogP contribution in [0.2, 0.25) is 0 Å². The number of carbonyl (C=O) groups excluding carboxylic acids is 1. The summed E-state index contributed by atoms with van der Waals surface area (Å²) in [5, 5.41) is 9.21. The molecule has 1 N–H and O–H groups in total. The molecule has 3 rings (SSSR count). The fourth-order valence-corrected chi connectivity index (χ4v) is 3.20. The molecule has 20 heavy (non-hydrogen) atoms. The number of amides is 1. The van der Waals surface area contributed by atoms with Crippen molar-refractivity contribution in [3.8, 4) is 0 Å². The number of carboxylic acids is 1. The van der Waals surface area contributed by atoms with Gasteiger partial charge >= 0.3 is 5.97 Å². The zero-order chi connectivity index (χ0) is 14.3. The van der Waals surface area contributed by atoms with Crippen LogP contribution < -0.4 is 0 Å². The average Bonchev–Trinajstić information content (AvgIpc) is 3.04. The van der Waals surface area contributed by atoms with Gasteiger partial charge in [-0.2, -0.15) is 0 Å². The zero-order valence-electron chi connectivity index (χ0n) is 11.0. The van der Waals surface area contributed by atoms with E-state index in [0.29, 0.717) is 18.5 Å². The van der Waals surface area contributed by atoms with Crippen LogP contribution in [0.15, 0.2) is 23.7 Å². The number of hydrogen-bond donors (Lipinski definition) is 1. The van der Waals surface area contributed by atoms with Crippen molar-refractivity contribution in [1.29, 1.82) is 0 Å². The Hall–Kier alpha value is -1.95. The number of aliphatic carboxylic acids is 1. The zero-order valence-corrected chi connectivity index (χ0v) is 11.8. The third-order valence-corrected chi connectivity index (χ3v) is 4.65. The number of nitrogens with zero attached hydrogens (tertiary/aromatic N) is 2. The summed E-state index contributed by atoms with van der Waals surface area (Å²) < 4.78 is 0.969. The SMILES string of the molecule is CC1(C(=O)O)CCN(C(=O)c2ccc3ncsc3c2)C1. The molecule has 1 saturated heterocycles. The van der Waals surface area contributed by atoms with Crippen LogP contribution in [0.3, 0.4) is 0 Å². The summed E-state index contributed by atoms with van der Waals surface area (Å²) in [5.41, 5.74) is 2.39. The van der Waals surface area contributed by atoms with Crippen molar-refractivity contribution in [3.05, 3.63) is 29.3 Å². The highest BCUT2D eigenvalue weighted by Gasteiger charge is 2.42. The fraction of sp³-hybridized carbons (Fsp3) is 0.357. The van der Waals surface area contributed by atoms with Gasteiger partial charge in [-0.05, 0) is 31.5 Å². The predicted molar refractivity (Wildman–Crippen MR) is 75.9 cm³/mol. The number of thiazole rings is 1. The molecule has 0 bridgehead atoms. The summed E-state index contributed by atoms with van der Waals surface area (Å²) >= 11 is 1.49. The first-order valence-electron chi connectivity index (χ1n) is 6.35. The standard InChI is InChI=1S/C14H14N2O3S/c1-14(13(18)19)4-5-16(7-14)12(17)9-2-3-10-11(6-9)20-8-15-10/h2-3,6,8H,4-5,7H2,1H3,(H,18,19). The van der Waals surface area contributed by atoms with Crippen LogP contribution >= 0.6 is 11.3 Å². The Balaban J connectivity index is 1.84. The van der Waals surface area contributed by atoms with E-state index in [1.165, 1.54) is 11.3 Å². The van der Waals surface area contributed by atoms with Gasteiger partial charge in [0.15, 0.2) is 0 Å². The fourth-order valence-electron chi connectivity index (χ4n) is 2.48. The van der Waals surface area contributed by atoms with E-state index in [1.54, 1.807) is 23.4 Å². The van der Waals surface area contributed by atoms with Crippen molar-refractivity contribution >= 4 is 33.4 Å². The smallest absolute Gasteiger partial charge is 0.311 e. The molecule has 6 heteroatoms. The summed E-state index contributed by atoms with van der Waals surface area (Å²) in [5.74, 6) is -0.948. The molecule has 5 nitrogen and oxygen atoms in total. The molecule has 1 unspecified atom stereocenters. The first-order valence-corrected chi connectivity index (χ1v) is 7.23. The predicted octanol–water partition coefficient (Wildman–Crippen LogP) is 2.23. The number of likely N-dealkylation sites (tertiary alicyclic amines) is 1. The lowest BCUT2D eigenvalue weighted by Crippen LogP contribution is -2.34. The molecule has 1 amide bonds. The molecule has 0 radical (unpaired) electrons. The van der Waals surface area contributed by atoms with Gasteiger partial charge in [-0.1, -0.05) is 0 Å². The highest BCUT2D eigenvalue weighted by atomic mass is 32.1. The van der Waals surface area contributed by atoms with Crippen molar-refractivity contribution in [2.24, 2.45) is 5.41 Å². The van der Waals surface area contributed by atoms with Crippen LogP contribution in [0.4, 0.5) is 0 Å². The Bertz CT molecular complexity index is 697. The third kappa shape index (κ3) is 2.06. The summed E-state index contributed by atoms with van der Waals surface area (Å²) in [6, 6.07) is 5.40. The molecule has 1 fully saturated rings. The van der Waals surface area contributed by atoms with E-state index >= 15 is 0 Å². The number of rotatable bonds is 2. The number of carboxylic acid groups (broad SMARTS) is 1. The second-order valence-corrected chi connectivity index (χ2v) is 6.26. The van der Waals surface area contributed by atoms with Crippen molar-refractivity contribution in [2.75, 3.05) is 13.1 Å². The number of hydrogen-bond acceptors (Lipinski definition) is 4. The van der Waals surface area contributed by atoms with Gasteiger partial charge in [0.2, 0.25) is 0 Å². The molecule has 1 aromatic heterocycles. The van der Waals surface area contributed by atoms with E-state index in [-0.39, 0.29) is 12.5 Å². The third-order valence-electron chi connectivity index (χ3n) is 3.86. The lowest BCUT2D eigenvalue weighted by Gasteiger charge is -2.20. The number of benzene rings is 1. The quantitative estimate of drug-likeness (QED) is 0.920. The Kier molecular flexibility index (Phi) is 2.97. The van der Waals surface area contributed by atoms with Gasteiger partial charge in [0.25, 0.3) is 5.91 Å². The first kappa shape index (κ1) is 13.1. The highest BCUT2D eigenvalue weighted by molar-refractivity contribution is 7.16. The Labute approximate surface area is 119 Å². The van der Waals surface area contributed by atoms with Crippen molar-refractivity contribution in [2.45, 2.75) is 13.3 Å². The van der Waals surface area contributed by atoms with E-state index in [2.05, 4.69) is 4.98 Å². The van der Waals surface area contributed by atoms with Gasteiger partial charge in [-0.3, -0.25) is 9.59 Å². The first-order chi connectivity index (χ1) is 9.49. The van der Waals surface area contributed by atoms with Crippen molar-refractivity contribution in [3.63, 3.8) is 0 Å².